The number of aromatic nitrogens is 1. The number of carboxylic acids is 1. The number of pyridine rings is 1. The molecule has 1 aromatic carbocycles. The minimum atomic E-state index is -0.910. The first-order valence-corrected chi connectivity index (χ1v) is 6.05. The lowest BCUT2D eigenvalue weighted by Crippen LogP contribution is -2.36. The van der Waals surface area contributed by atoms with Gasteiger partial charge in [0.2, 0.25) is 0 Å². The normalized spacial score (nSPS) is 10.9. The molecule has 0 amide bonds. The number of aliphatic carboxylic acids is 1. The van der Waals surface area contributed by atoms with Crippen molar-refractivity contribution in [3.8, 4) is 5.75 Å². The summed E-state index contributed by atoms with van der Waals surface area (Å²) in [5.41, 5.74) is 0. The monoisotopic (exact) mass is 260 g/mol. The van der Waals surface area contributed by atoms with Crippen LogP contribution in [-0.4, -0.2) is 33.8 Å². The molecule has 0 radical (unpaired) electrons. The van der Waals surface area contributed by atoms with Gasteiger partial charge in [-0.3, -0.25) is 4.79 Å². The van der Waals surface area contributed by atoms with Crippen LogP contribution in [0.3, 0.4) is 0 Å². The second kappa shape index (κ2) is 5.14. The summed E-state index contributed by atoms with van der Waals surface area (Å²) in [7, 11) is 0. The third kappa shape index (κ3) is 2.76. The maximum atomic E-state index is 11.0. The maximum Gasteiger partial charge on any atom is 0.323 e. The van der Waals surface area contributed by atoms with Gasteiger partial charge in [0.25, 0.3) is 0 Å². The number of fused-ring (bicyclic) bond motifs is 1. The SMILES string of the molecule is CC(C)N(CC(=O)O)c1nccc2ccc(O)cc12. The fourth-order valence-corrected chi connectivity index (χ4v) is 2.02. The molecular weight excluding hydrogens is 244 g/mol. The Hall–Kier alpha value is -2.30. The lowest BCUT2D eigenvalue weighted by Gasteiger charge is -2.27. The number of carboxylic acid groups (broad SMARTS) is 1. The van der Waals surface area contributed by atoms with Crippen LogP contribution in [-0.2, 0) is 4.79 Å². The third-order valence-electron chi connectivity index (χ3n) is 2.93. The van der Waals surface area contributed by atoms with E-state index in [4.69, 9.17) is 5.11 Å². The largest absolute Gasteiger partial charge is 0.508 e. The van der Waals surface area contributed by atoms with Crippen molar-refractivity contribution in [2.24, 2.45) is 0 Å². The Morgan fingerprint density at radius 2 is 2.11 bits per heavy atom. The summed E-state index contributed by atoms with van der Waals surface area (Å²) in [6.45, 7) is 3.69. The zero-order chi connectivity index (χ0) is 14.0. The molecular formula is C14H16N2O3. The van der Waals surface area contributed by atoms with Gasteiger partial charge in [0.1, 0.15) is 18.1 Å². The van der Waals surface area contributed by atoms with Gasteiger partial charge in [-0.15, -0.1) is 0 Å². The molecule has 0 aliphatic rings. The van der Waals surface area contributed by atoms with Crippen LogP contribution in [0.2, 0.25) is 0 Å². The zero-order valence-corrected chi connectivity index (χ0v) is 10.9. The molecule has 0 atom stereocenters. The standard InChI is InChI=1S/C14H16N2O3/c1-9(2)16(8-13(18)19)14-12-7-11(17)4-3-10(12)5-6-15-14/h3-7,9,17H,8H2,1-2H3,(H,18,19). The van der Waals surface area contributed by atoms with E-state index in [-0.39, 0.29) is 18.3 Å². The quantitative estimate of drug-likeness (QED) is 0.882. The Morgan fingerprint density at radius 1 is 1.37 bits per heavy atom. The van der Waals surface area contributed by atoms with Gasteiger partial charge >= 0.3 is 5.97 Å². The highest BCUT2D eigenvalue weighted by atomic mass is 16.4. The second-order valence-corrected chi connectivity index (χ2v) is 4.66. The number of hydrogen-bond donors (Lipinski definition) is 2. The Morgan fingerprint density at radius 3 is 2.74 bits per heavy atom. The Bertz CT molecular complexity index is 611. The predicted octanol–water partition coefficient (Wildman–Crippen LogP) is 2.24. The zero-order valence-electron chi connectivity index (χ0n) is 10.9. The molecule has 0 aliphatic carbocycles. The van der Waals surface area contributed by atoms with Gasteiger partial charge in [0.05, 0.1) is 0 Å². The van der Waals surface area contributed by atoms with E-state index in [0.717, 1.165) is 10.8 Å². The summed E-state index contributed by atoms with van der Waals surface area (Å²) >= 11 is 0. The summed E-state index contributed by atoms with van der Waals surface area (Å²) in [4.78, 5) is 16.9. The molecule has 5 nitrogen and oxygen atoms in total. The molecule has 19 heavy (non-hydrogen) atoms. The van der Waals surface area contributed by atoms with Gasteiger partial charge in [0.15, 0.2) is 0 Å². The Labute approximate surface area is 111 Å². The minimum Gasteiger partial charge on any atom is -0.508 e. The van der Waals surface area contributed by atoms with Crippen molar-refractivity contribution in [3.05, 3.63) is 30.5 Å². The van der Waals surface area contributed by atoms with Crippen molar-refractivity contribution in [1.82, 2.24) is 4.98 Å². The molecule has 0 saturated carbocycles. The highest BCUT2D eigenvalue weighted by Gasteiger charge is 2.17. The van der Waals surface area contributed by atoms with Crippen LogP contribution < -0.4 is 4.90 Å². The van der Waals surface area contributed by atoms with Gasteiger partial charge in [-0.2, -0.15) is 0 Å². The lowest BCUT2D eigenvalue weighted by molar-refractivity contribution is -0.135. The molecule has 0 unspecified atom stereocenters. The Balaban J connectivity index is 2.58. The molecule has 2 rings (SSSR count). The van der Waals surface area contributed by atoms with E-state index in [2.05, 4.69) is 4.98 Å². The topological polar surface area (TPSA) is 73.7 Å². The van der Waals surface area contributed by atoms with E-state index in [1.807, 2.05) is 19.9 Å². The molecule has 0 aliphatic heterocycles. The number of carbonyl (C=O) groups is 1. The molecule has 2 N–H and O–H groups in total. The molecule has 0 bridgehead atoms. The Kier molecular flexibility index (Phi) is 3.55. The van der Waals surface area contributed by atoms with Crippen molar-refractivity contribution < 1.29 is 15.0 Å². The lowest BCUT2D eigenvalue weighted by atomic mass is 10.1. The van der Waals surface area contributed by atoms with Crippen LogP contribution in [0.4, 0.5) is 5.82 Å². The first-order chi connectivity index (χ1) is 8.99. The number of rotatable bonds is 4. The van der Waals surface area contributed by atoms with E-state index in [1.165, 1.54) is 0 Å². The molecule has 0 fully saturated rings. The smallest absolute Gasteiger partial charge is 0.323 e. The highest BCUT2D eigenvalue weighted by molar-refractivity contribution is 5.94. The van der Waals surface area contributed by atoms with Crippen LogP contribution in [0.1, 0.15) is 13.8 Å². The third-order valence-corrected chi connectivity index (χ3v) is 2.93. The van der Waals surface area contributed by atoms with Crippen molar-refractivity contribution in [3.63, 3.8) is 0 Å². The van der Waals surface area contributed by atoms with Crippen molar-refractivity contribution in [2.75, 3.05) is 11.4 Å². The number of phenolic OH excluding ortho intramolecular Hbond substituents is 1. The van der Waals surface area contributed by atoms with Crippen LogP contribution in [0.5, 0.6) is 5.75 Å². The highest BCUT2D eigenvalue weighted by Crippen LogP contribution is 2.28. The number of aromatic hydroxyl groups is 1. The van der Waals surface area contributed by atoms with E-state index in [9.17, 15) is 9.90 Å². The van der Waals surface area contributed by atoms with Crippen molar-refractivity contribution >= 4 is 22.6 Å². The van der Waals surface area contributed by atoms with Crippen LogP contribution in [0.25, 0.3) is 10.8 Å². The van der Waals surface area contributed by atoms with E-state index < -0.39 is 5.97 Å². The summed E-state index contributed by atoms with van der Waals surface area (Å²) in [6, 6.07) is 6.82. The molecule has 5 heteroatoms. The van der Waals surface area contributed by atoms with E-state index in [1.54, 1.807) is 29.3 Å². The van der Waals surface area contributed by atoms with E-state index in [0.29, 0.717) is 5.82 Å². The van der Waals surface area contributed by atoms with E-state index >= 15 is 0 Å². The van der Waals surface area contributed by atoms with Gasteiger partial charge in [0, 0.05) is 17.6 Å². The fourth-order valence-electron chi connectivity index (χ4n) is 2.02. The maximum absolute atomic E-state index is 11.0. The number of phenols is 1. The molecule has 0 spiro atoms. The summed E-state index contributed by atoms with van der Waals surface area (Å²) in [5.74, 6) is -0.195. The van der Waals surface area contributed by atoms with Crippen LogP contribution >= 0.6 is 0 Å². The molecule has 1 heterocycles. The number of nitrogens with zero attached hydrogens (tertiary/aromatic N) is 2. The number of hydrogen-bond acceptors (Lipinski definition) is 4. The number of anilines is 1. The second-order valence-electron chi connectivity index (χ2n) is 4.66. The van der Waals surface area contributed by atoms with Gasteiger partial charge in [-0.05, 0) is 37.4 Å². The molecule has 1 aromatic heterocycles. The fraction of sp³-hybridized carbons (Fsp3) is 0.286. The summed E-state index contributed by atoms with van der Waals surface area (Å²) < 4.78 is 0. The van der Waals surface area contributed by atoms with Crippen molar-refractivity contribution in [2.45, 2.75) is 19.9 Å². The molecule has 100 valence electrons. The summed E-state index contributed by atoms with van der Waals surface area (Å²) in [6.07, 6.45) is 1.64. The first-order valence-electron chi connectivity index (χ1n) is 6.05. The average molecular weight is 260 g/mol. The van der Waals surface area contributed by atoms with Gasteiger partial charge < -0.3 is 15.1 Å². The van der Waals surface area contributed by atoms with Gasteiger partial charge in [-0.25, -0.2) is 4.98 Å². The predicted molar refractivity (Wildman–Crippen MR) is 73.5 cm³/mol. The van der Waals surface area contributed by atoms with Crippen LogP contribution in [0, 0.1) is 0 Å². The summed E-state index contributed by atoms with van der Waals surface area (Å²) in [5, 5.41) is 20.3. The average Bonchev–Trinajstić information content (AvgIpc) is 2.35. The first kappa shape index (κ1) is 13.1. The number of benzene rings is 1. The van der Waals surface area contributed by atoms with Crippen molar-refractivity contribution in [1.29, 1.82) is 0 Å². The molecule has 2 aromatic rings. The van der Waals surface area contributed by atoms with Crippen LogP contribution in [0.15, 0.2) is 30.5 Å². The molecule has 0 saturated heterocycles. The minimum absolute atomic E-state index is 0.00320. The van der Waals surface area contributed by atoms with Gasteiger partial charge in [-0.1, -0.05) is 6.07 Å².